The quantitative estimate of drug-likeness (QED) is 0.789. The van der Waals surface area contributed by atoms with E-state index < -0.39 is 0 Å². The average Bonchev–Trinajstić information content (AvgIpc) is 3.11. The molecule has 1 aromatic carbocycles. The third-order valence-corrected chi connectivity index (χ3v) is 4.33. The molecular weight excluding hydrogens is 288 g/mol. The molecule has 0 radical (unpaired) electrons. The van der Waals surface area contributed by atoms with Crippen LogP contribution in [0, 0.1) is 5.92 Å². The monoisotopic (exact) mass is 308 g/mol. The SMILES string of the molecule is COc1cccc2c1nc(C(C)Cl)n2CCC1CCOC1. The normalized spacial score (nSPS) is 20.0. The van der Waals surface area contributed by atoms with Gasteiger partial charge in [-0.05, 0) is 37.8 Å². The topological polar surface area (TPSA) is 36.3 Å². The largest absolute Gasteiger partial charge is 0.494 e. The molecule has 0 aliphatic carbocycles. The first kappa shape index (κ1) is 14.7. The van der Waals surface area contributed by atoms with E-state index in [1.54, 1.807) is 7.11 Å². The number of ether oxygens (including phenoxy) is 2. The maximum absolute atomic E-state index is 6.32. The number of para-hydroxylation sites is 1. The van der Waals surface area contributed by atoms with Crippen LogP contribution in [0.1, 0.15) is 31.0 Å². The number of benzene rings is 1. The van der Waals surface area contributed by atoms with E-state index in [0.29, 0.717) is 5.92 Å². The zero-order chi connectivity index (χ0) is 14.8. The Labute approximate surface area is 130 Å². The highest BCUT2D eigenvalue weighted by atomic mass is 35.5. The first-order valence-corrected chi connectivity index (χ1v) is 7.89. The summed E-state index contributed by atoms with van der Waals surface area (Å²) < 4.78 is 13.1. The minimum Gasteiger partial charge on any atom is -0.494 e. The third kappa shape index (κ3) is 2.87. The molecule has 5 heteroatoms. The number of rotatable bonds is 5. The lowest BCUT2D eigenvalue weighted by Gasteiger charge is -2.13. The van der Waals surface area contributed by atoms with Gasteiger partial charge in [0.1, 0.15) is 17.1 Å². The van der Waals surface area contributed by atoms with Crippen LogP contribution < -0.4 is 4.74 Å². The molecule has 3 rings (SSSR count). The van der Waals surface area contributed by atoms with Crippen molar-refractivity contribution in [2.24, 2.45) is 5.92 Å². The standard InChI is InChI=1S/C16H21ClN2O2/c1-11(17)16-18-15-13(4-3-5-14(15)20-2)19(16)8-6-12-7-9-21-10-12/h3-5,11-12H,6-10H2,1-2H3. The lowest BCUT2D eigenvalue weighted by atomic mass is 10.1. The molecular formula is C16H21ClN2O2. The Hall–Kier alpha value is -1.26. The van der Waals surface area contributed by atoms with Crippen molar-refractivity contribution in [2.75, 3.05) is 20.3 Å². The van der Waals surface area contributed by atoms with Crippen molar-refractivity contribution >= 4 is 22.6 Å². The van der Waals surface area contributed by atoms with Gasteiger partial charge in [-0.15, -0.1) is 11.6 Å². The Morgan fingerprint density at radius 2 is 2.38 bits per heavy atom. The molecule has 0 bridgehead atoms. The Balaban J connectivity index is 1.95. The zero-order valence-electron chi connectivity index (χ0n) is 12.5. The fourth-order valence-electron chi connectivity index (χ4n) is 2.97. The first-order chi connectivity index (χ1) is 10.2. The molecule has 1 aliphatic rings. The fraction of sp³-hybridized carbons (Fsp3) is 0.562. The van der Waals surface area contributed by atoms with Crippen LogP contribution >= 0.6 is 11.6 Å². The second kappa shape index (κ2) is 6.24. The van der Waals surface area contributed by atoms with E-state index in [9.17, 15) is 0 Å². The number of aromatic nitrogens is 2. The van der Waals surface area contributed by atoms with E-state index in [1.807, 2.05) is 19.1 Å². The van der Waals surface area contributed by atoms with Crippen molar-refractivity contribution in [1.29, 1.82) is 0 Å². The minimum absolute atomic E-state index is 0.123. The van der Waals surface area contributed by atoms with E-state index in [-0.39, 0.29) is 5.38 Å². The lowest BCUT2D eigenvalue weighted by molar-refractivity contribution is 0.183. The molecule has 0 N–H and O–H groups in total. The van der Waals surface area contributed by atoms with Crippen molar-refractivity contribution < 1.29 is 9.47 Å². The molecule has 2 aromatic rings. The summed E-state index contributed by atoms with van der Waals surface area (Å²) in [6.07, 6.45) is 2.25. The molecule has 114 valence electrons. The molecule has 2 unspecified atom stereocenters. The van der Waals surface area contributed by atoms with Gasteiger partial charge in [-0.1, -0.05) is 6.07 Å². The van der Waals surface area contributed by atoms with Crippen LogP contribution in [0.4, 0.5) is 0 Å². The number of imidazole rings is 1. The van der Waals surface area contributed by atoms with E-state index in [4.69, 9.17) is 26.1 Å². The third-order valence-electron chi connectivity index (χ3n) is 4.13. The van der Waals surface area contributed by atoms with Gasteiger partial charge in [0.05, 0.1) is 18.0 Å². The van der Waals surface area contributed by atoms with Crippen LogP contribution in [0.25, 0.3) is 11.0 Å². The Morgan fingerprint density at radius 1 is 1.52 bits per heavy atom. The van der Waals surface area contributed by atoms with Crippen molar-refractivity contribution in [1.82, 2.24) is 9.55 Å². The second-order valence-corrected chi connectivity index (χ2v) is 6.24. The van der Waals surface area contributed by atoms with E-state index in [0.717, 1.165) is 55.2 Å². The van der Waals surface area contributed by atoms with Gasteiger partial charge in [0.2, 0.25) is 0 Å². The van der Waals surface area contributed by atoms with Gasteiger partial charge >= 0.3 is 0 Å². The molecule has 1 aromatic heterocycles. The van der Waals surface area contributed by atoms with Crippen LogP contribution in [0.2, 0.25) is 0 Å². The number of hydrogen-bond acceptors (Lipinski definition) is 3. The summed E-state index contributed by atoms with van der Waals surface area (Å²) in [7, 11) is 1.67. The first-order valence-electron chi connectivity index (χ1n) is 7.45. The highest BCUT2D eigenvalue weighted by Crippen LogP contribution is 2.31. The Bertz CT molecular complexity index is 618. The molecule has 2 atom stereocenters. The Morgan fingerprint density at radius 3 is 3.05 bits per heavy atom. The number of aryl methyl sites for hydroxylation is 1. The zero-order valence-corrected chi connectivity index (χ0v) is 13.3. The summed E-state index contributed by atoms with van der Waals surface area (Å²) in [5.41, 5.74) is 1.99. The average molecular weight is 309 g/mol. The molecule has 1 aliphatic heterocycles. The maximum Gasteiger partial charge on any atom is 0.146 e. The number of nitrogens with zero attached hydrogens (tertiary/aromatic N) is 2. The second-order valence-electron chi connectivity index (χ2n) is 5.58. The van der Waals surface area contributed by atoms with Crippen LogP contribution in [0.5, 0.6) is 5.75 Å². The van der Waals surface area contributed by atoms with Crippen LogP contribution in [-0.2, 0) is 11.3 Å². The van der Waals surface area contributed by atoms with Crippen LogP contribution in [0.15, 0.2) is 18.2 Å². The number of fused-ring (bicyclic) bond motifs is 1. The van der Waals surface area contributed by atoms with Gasteiger partial charge in [-0.25, -0.2) is 4.98 Å². The molecule has 0 saturated carbocycles. The number of methoxy groups -OCH3 is 1. The summed E-state index contributed by atoms with van der Waals surface area (Å²) in [5, 5.41) is -0.123. The van der Waals surface area contributed by atoms with Gasteiger partial charge in [0.25, 0.3) is 0 Å². The highest BCUT2D eigenvalue weighted by molar-refractivity contribution is 6.20. The summed E-state index contributed by atoms with van der Waals surface area (Å²) >= 11 is 6.32. The molecule has 0 spiro atoms. The summed E-state index contributed by atoms with van der Waals surface area (Å²) in [4.78, 5) is 4.70. The molecule has 4 nitrogen and oxygen atoms in total. The number of hydrogen-bond donors (Lipinski definition) is 0. The highest BCUT2D eigenvalue weighted by Gasteiger charge is 2.20. The van der Waals surface area contributed by atoms with E-state index in [2.05, 4.69) is 10.6 Å². The maximum atomic E-state index is 6.32. The lowest BCUT2D eigenvalue weighted by Crippen LogP contribution is -2.09. The van der Waals surface area contributed by atoms with Crippen molar-refractivity contribution in [3.63, 3.8) is 0 Å². The van der Waals surface area contributed by atoms with E-state index in [1.165, 1.54) is 0 Å². The summed E-state index contributed by atoms with van der Waals surface area (Å²) in [6, 6.07) is 6.02. The molecule has 2 heterocycles. The fourth-order valence-corrected chi connectivity index (χ4v) is 3.13. The number of halogens is 1. The summed E-state index contributed by atoms with van der Waals surface area (Å²) in [5.74, 6) is 2.36. The van der Waals surface area contributed by atoms with Crippen molar-refractivity contribution in [3.05, 3.63) is 24.0 Å². The van der Waals surface area contributed by atoms with Gasteiger partial charge in [0.15, 0.2) is 0 Å². The van der Waals surface area contributed by atoms with Crippen LogP contribution in [-0.4, -0.2) is 29.9 Å². The Kier molecular flexibility index (Phi) is 4.36. The van der Waals surface area contributed by atoms with Crippen molar-refractivity contribution in [2.45, 2.75) is 31.7 Å². The minimum atomic E-state index is -0.123. The van der Waals surface area contributed by atoms with Gasteiger partial charge < -0.3 is 14.0 Å². The van der Waals surface area contributed by atoms with E-state index >= 15 is 0 Å². The van der Waals surface area contributed by atoms with Gasteiger partial charge in [0, 0.05) is 19.8 Å². The van der Waals surface area contributed by atoms with Crippen molar-refractivity contribution in [3.8, 4) is 5.75 Å². The predicted molar refractivity (Wildman–Crippen MR) is 84.1 cm³/mol. The predicted octanol–water partition coefficient (Wildman–Crippen LogP) is 3.77. The summed E-state index contributed by atoms with van der Waals surface area (Å²) in [6.45, 7) is 4.65. The van der Waals surface area contributed by atoms with Crippen LogP contribution in [0.3, 0.4) is 0 Å². The smallest absolute Gasteiger partial charge is 0.146 e. The molecule has 0 amide bonds. The molecule has 1 saturated heterocycles. The number of alkyl halides is 1. The van der Waals surface area contributed by atoms with Gasteiger partial charge in [-0.3, -0.25) is 0 Å². The molecule has 1 fully saturated rings. The van der Waals surface area contributed by atoms with Gasteiger partial charge in [-0.2, -0.15) is 0 Å². The molecule has 21 heavy (non-hydrogen) atoms.